The lowest BCUT2D eigenvalue weighted by Crippen LogP contribution is -2.43. The molecule has 1 saturated heterocycles. The highest BCUT2D eigenvalue weighted by atomic mass is 19.1. The number of anilines is 1. The van der Waals surface area contributed by atoms with E-state index >= 15 is 0 Å². The fourth-order valence-electron chi connectivity index (χ4n) is 3.03. The van der Waals surface area contributed by atoms with Crippen LogP contribution in [0.3, 0.4) is 0 Å². The number of nitrogens with zero attached hydrogens (tertiary/aromatic N) is 1. The zero-order valence-electron chi connectivity index (χ0n) is 9.32. The maximum absolute atomic E-state index is 13.2. The zero-order chi connectivity index (χ0) is 11.1. The Kier molecular flexibility index (Phi) is 2.36. The Morgan fingerprint density at radius 2 is 2.25 bits per heavy atom. The Balaban J connectivity index is 1.92. The van der Waals surface area contributed by atoms with Crippen LogP contribution in [-0.2, 0) is 6.42 Å². The van der Waals surface area contributed by atoms with E-state index in [1.54, 1.807) is 12.1 Å². The van der Waals surface area contributed by atoms with Crippen molar-refractivity contribution in [2.45, 2.75) is 25.3 Å². The van der Waals surface area contributed by atoms with Crippen molar-refractivity contribution in [3.8, 4) is 0 Å². The van der Waals surface area contributed by atoms with Gasteiger partial charge in [0.15, 0.2) is 0 Å². The normalized spacial score (nSPS) is 27.8. The van der Waals surface area contributed by atoms with Crippen molar-refractivity contribution in [2.24, 2.45) is 11.7 Å². The van der Waals surface area contributed by atoms with Crippen LogP contribution in [0.5, 0.6) is 0 Å². The number of halogens is 1. The second-order valence-electron chi connectivity index (χ2n) is 4.96. The van der Waals surface area contributed by atoms with E-state index in [2.05, 4.69) is 4.90 Å². The van der Waals surface area contributed by atoms with E-state index in [0.29, 0.717) is 12.0 Å². The van der Waals surface area contributed by atoms with E-state index in [-0.39, 0.29) is 5.82 Å². The molecule has 2 aliphatic heterocycles. The Morgan fingerprint density at radius 1 is 1.38 bits per heavy atom. The van der Waals surface area contributed by atoms with E-state index < -0.39 is 0 Å². The molecule has 86 valence electrons. The third-order valence-electron chi connectivity index (χ3n) is 3.95. The van der Waals surface area contributed by atoms with Gasteiger partial charge in [-0.2, -0.15) is 0 Å². The lowest BCUT2D eigenvalue weighted by molar-refractivity contribution is 0.371. The molecule has 2 atom stereocenters. The molecule has 2 nitrogen and oxygen atoms in total. The number of hydrogen-bond acceptors (Lipinski definition) is 2. The van der Waals surface area contributed by atoms with Gasteiger partial charge in [0.1, 0.15) is 5.82 Å². The molecule has 0 spiro atoms. The highest BCUT2D eigenvalue weighted by Crippen LogP contribution is 2.38. The van der Waals surface area contributed by atoms with Crippen LogP contribution in [0.25, 0.3) is 0 Å². The molecule has 0 aliphatic carbocycles. The van der Waals surface area contributed by atoms with E-state index in [9.17, 15) is 4.39 Å². The highest BCUT2D eigenvalue weighted by molar-refractivity contribution is 5.60. The number of nitrogens with two attached hydrogens (primary N) is 1. The van der Waals surface area contributed by atoms with E-state index in [0.717, 1.165) is 25.2 Å². The molecule has 1 fully saturated rings. The van der Waals surface area contributed by atoms with Crippen LogP contribution in [0.1, 0.15) is 18.4 Å². The second kappa shape index (κ2) is 3.74. The zero-order valence-corrected chi connectivity index (χ0v) is 9.32. The molecule has 2 heterocycles. The van der Waals surface area contributed by atoms with Gasteiger partial charge in [-0.3, -0.25) is 0 Å². The van der Waals surface area contributed by atoms with Crippen LogP contribution >= 0.6 is 0 Å². The maximum Gasteiger partial charge on any atom is 0.125 e. The van der Waals surface area contributed by atoms with Gasteiger partial charge >= 0.3 is 0 Å². The van der Waals surface area contributed by atoms with Crippen LogP contribution in [0, 0.1) is 11.7 Å². The van der Waals surface area contributed by atoms with Crippen LogP contribution < -0.4 is 10.6 Å². The Bertz CT molecular complexity index is 405. The molecule has 2 unspecified atom stereocenters. The molecule has 1 aromatic carbocycles. The predicted molar refractivity (Wildman–Crippen MR) is 63.0 cm³/mol. The molecular weight excluding hydrogens is 203 g/mol. The molecule has 0 aromatic heterocycles. The predicted octanol–water partition coefficient (Wildman–Crippen LogP) is 1.93. The third kappa shape index (κ3) is 1.50. The standard InChI is InChI=1S/C13H17FN2/c14-11-3-2-10-5-12-4-1-9(7-15)8-16(12)13(10)6-11/h2-3,6,9,12H,1,4-5,7-8,15H2. The van der Waals surface area contributed by atoms with E-state index in [4.69, 9.17) is 5.73 Å². The topological polar surface area (TPSA) is 29.3 Å². The second-order valence-corrected chi connectivity index (χ2v) is 4.96. The summed E-state index contributed by atoms with van der Waals surface area (Å²) in [7, 11) is 0. The minimum atomic E-state index is -0.130. The minimum absolute atomic E-state index is 0.130. The van der Waals surface area contributed by atoms with Crippen molar-refractivity contribution in [3.63, 3.8) is 0 Å². The summed E-state index contributed by atoms with van der Waals surface area (Å²) < 4.78 is 13.2. The molecule has 0 bridgehead atoms. The summed E-state index contributed by atoms with van der Waals surface area (Å²) in [6.07, 6.45) is 3.49. The van der Waals surface area contributed by atoms with Crippen molar-refractivity contribution < 1.29 is 4.39 Å². The molecule has 2 aliphatic rings. The smallest absolute Gasteiger partial charge is 0.125 e. The Hall–Kier alpha value is -1.09. The largest absolute Gasteiger partial charge is 0.368 e. The van der Waals surface area contributed by atoms with E-state index in [1.807, 2.05) is 6.07 Å². The molecule has 3 heteroatoms. The van der Waals surface area contributed by atoms with Gasteiger partial charge < -0.3 is 10.6 Å². The van der Waals surface area contributed by atoms with Gasteiger partial charge in [-0.1, -0.05) is 6.07 Å². The molecule has 0 amide bonds. The first-order valence-electron chi connectivity index (χ1n) is 6.03. The number of fused-ring (bicyclic) bond motifs is 3. The first-order valence-corrected chi connectivity index (χ1v) is 6.03. The summed E-state index contributed by atoms with van der Waals surface area (Å²) in [5, 5.41) is 0. The van der Waals surface area contributed by atoms with Gasteiger partial charge in [0.25, 0.3) is 0 Å². The van der Waals surface area contributed by atoms with Crippen LogP contribution in [0.15, 0.2) is 18.2 Å². The molecule has 0 saturated carbocycles. The van der Waals surface area contributed by atoms with Crippen molar-refractivity contribution in [1.82, 2.24) is 0 Å². The third-order valence-corrected chi connectivity index (χ3v) is 3.95. The average molecular weight is 220 g/mol. The quantitative estimate of drug-likeness (QED) is 0.783. The van der Waals surface area contributed by atoms with Gasteiger partial charge in [-0.25, -0.2) is 4.39 Å². The average Bonchev–Trinajstić information content (AvgIpc) is 2.66. The van der Waals surface area contributed by atoms with Gasteiger partial charge in [-0.05, 0) is 49.4 Å². The fourth-order valence-corrected chi connectivity index (χ4v) is 3.03. The number of benzene rings is 1. The highest BCUT2D eigenvalue weighted by Gasteiger charge is 2.34. The summed E-state index contributed by atoms with van der Waals surface area (Å²) in [5.41, 5.74) is 8.13. The molecule has 1 aromatic rings. The molecular formula is C13H17FN2. The van der Waals surface area contributed by atoms with Crippen molar-refractivity contribution in [1.29, 1.82) is 0 Å². The summed E-state index contributed by atoms with van der Waals surface area (Å²) >= 11 is 0. The van der Waals surface area contributed by atoms with Crippen molar-refractivity contribution >= 4 is 5.69 Å². The van der Waals surface area contributed by atoms with Crippen LogP contribution in [0.4, 0.5) is 10.1 Å². The summed E-state index contributed by atoms with van der Waals surface area (Å²) in [6.45, 7) is 1.74. The summed E-state index contributed by atoms with van der Waals surface area (Å²) in [5.74, 6) is 0.444. The summed E-state index contributed by atoms with van der Waals surface area (Å²) in [4.78, 5) is 2.36. The lowest BCUT2D eigenvalue weighted by atomic mass is 9.93. The van der Waals surface area contributed by atoms with Crippen molar-refractivity contribution in [3.05, 3.63) is 29.6 Å². The monoisotopic (exact) mass is 220 g/mol. The number of piperidine rings is 1. The van der Waals surface area contributed by atoms with E-state index in [1.165, 1.54) is 18.4 Å². The first kappa shape index (κ1) is 10.1. The molecule has 0 radical (unpaired) electrons. The number of hydrogen-bond donors (Lipinski definition) is 1. The molecule has 16 heavy (non-hydrogen) atoms. The molecule has 2 N–H and O–H groups in total. The first-order chi connectivity index (χ1) is 7.78. The van der Waals surface area contributed by atoms with Gasteiger partial charge in [0.05, 0.1) is 0 Å². The Morgan fingerprint density at radius 3 is 3.06 bits per heavy atom. The van der Waals surface area contributed by atoms with Gasteiger partial charge in [0, 0.05) is 18.3 Å². The van der Waals surface area contributed by atoms with Gasteiger partial charge in [-0.15, -0.1) is 0 Å². The van der Waals surface area contributed by atoms with Crippen LogP contribution in [0.2, 0.25) is 0 Å². The summed E-state index contributed by atoms with van der Waals surface area (Å²) in [6, 6.07) is 5.76. The van der Waals surface area contributed by atoms with Crippen LogP contribution in [-0.4, -0.2) is 19.1 Å². The lowest BCUT2D eigenvalue weighted by Gasteiger charge is -2.36. The Labute approximate surface area is 95.2 Å². The minimum Gasteiger partial charge on any atom is -0.368 e. The van der Waals surface area contributed by atoms with Gasteiger partial charge in [0.2, 0.25) is 0 Å². The fraction of sp³-hybridized carbons (Fsp3) is 0.538. The molecule has 3 rings (SSSR count). The van der Waals surface area contributed by atoms with Crippen molar-refractivity contribution in [2.75, 3.05) is 18.0 Å². The maximum atomic E-state index is 13.2. The SMILES string of the molecule is NCC1CCC2Cc3ccc(F)cc3N2C1. The number of rotatable bonds is 1.